The Labute approximate surface area is 110 Å². The lowest BCUT2D eigenvalue weighted by Gasteiger charge is -2.16. The number of aliphatic hydroxyl groups is 1. The predicted molar refractivity (Wildman–Crippen MR) is 72.0 cm³/mol. The predicted octanol–water partition coefficient (Wildman–Crippen LogP) is 0.489. The number of rotatable bonds is 5. The third-order valence-corrected chi connectivity index (χ3v) is 2.75. The lowest BCUT2D eigenvalue weighted by atomic mass is 10.1. The Hall–Kier alpha value is -2.21. The number of aromatic nitrogens is 3. The Morgan fingerprint density at radius 2 is 2.05 bits per heavy atom. The quantitative estimate of drug-likeness (QED) is 0.727. The van der Waals surface area contributed by atoms with E-state index in [1.54, 1.807) is 6.92 Å². The highest BCUT2D eigenvalue weighted by Crippen LogP contribution is 2.06. The van der Waals surface area contributed by atoms with Crippen LogP contribution in [0.5, 0.6) is 0 Å². The van der Waals surface area contributed by atoms with Gasteiger partial charge in [-0.15, -0.1) is 10.2 Å². The van der Waals surface area contributed by atoms with Crippen molar-refractivity contribution in [3.8, 4) is 0 Å². The van der Waals surface area contributed by atoms with E-state index in [0.717, 1.165) is 5.56 Å². The molecule has 0 saturated heterocycles. The van der Waals surface area contributed by atoms with Crippen molar-refractivity contribution in [3.63, 3.8) is 0 Å². The fourth-order valence-corrected chi connectivity index (χ4v) is 1.71. The van der Waals surface area contributed by atoms with Crippen LogP contribution in [0, 0.1) is 6.92 Å². The Bertz CT molecular complexity index is 583. The van der Waals surface area contributed by atoms with Gasteiger partial charge < -0.3 is 10.4 Å². The molecule has 1 atom stereocenters. The number of aryl methyl sites for hydroxylation is 1. The lowest BCUT2D eigenvalue weighted by molar-refractivity contribution is 0.273. The van der Waals surface area contributed by atoms with Crippen LogP contribution in [-0.4, -0.2) is 32.9 Å². The molecule has 0 unspecified atom stereocenters. The van der Waals surface area contributed by atoms with Gasteiger partial charge in [-0.05, 0) is 18.9 Å². The van der Waals surface area contributed by atoms with Gasteiger partial charge in [-0.3, -0.25) is 9.78 Å². The maximum atomic E-state index is 11.4. The molecule has 0 bridgehead atoms. The van der Waals surface area contributed by atoms with Crippen LogP contribution in [0.1, 0.15) is 11.3 Å². The maximum Gasteiger partial charge on any atom is 0.273 e. The number of aliphatic hydroxyl groups excluding tert-OH is 1. The van der Waals surface area contributed by atoms with Crippen LogP contribution in [0.25, 0.3) is 0 Å². The minimum absolute atomic E-state index is 0.0630. The van der Waals surface area contributed by atoms with Crippen molar-refractivity contribution in [2.75, 3.05) is 11.9 Å². The third-order valence-electron chi connectivity index (χ3n) is 2.75. The average molecular weight is 260 g/mol. The molecule has 0 fully saturated rings. The van der Waals surface area contributed by atoms with E-state index < -0.39 is 0 Å². The van der Waals surface area contributed by atoms with Gasteiger partial charge in [0.05, 0.1) is 12.6 Å². The van der Waals surface area contributed by atoms with E-state index in [2.05, 4.69) is 20.5 Å². The lowest BCUT2D eigenvalue weighted by Crippen LogP contribution is -2.29. The summed E-state index contributed by atoms with van der Waals surface area (Å²) in [6.45, 7) is 1.52. The molecule has 0 spiro atoms. The minimum Gasteiger partial charge on any atom is -0.394 e. The summed E-state index contributed by atoms with van der Waals surface area (Å²) in [5.41, 5.74) is 1.12. The van der Waals surface area contributed by atoms with E-state index in [1.807, 2.05) is 30.3 Å². The molecule has 1 aromatic heterocycles. The number of aromatic amines is 1. The van der Waals surface area contributed by atoms with E-state index in [4.69, 9.17) is 0 Å². The molecular weight excluding hydrogens is 244 g/mol. The first-order valence-corrected chi connectivity index (χ1v) is 6.04. The normalized spacial score (nSPS) is 12.1. The second-order valence-electron chi connectivity index (χ2n) is 4.30. The van der Waals surface area contributed by atoms with Gasteiger partial charge in [-0.1, -0.05) is 30.3 Å². The van der Waals surface area contributed by atoms with Crippen LogP contribution in [0.2, 0.25) is 0 Å². The highest BCUT2D eigenvalue weighted by molar-refractivity contribution is 5.26. The summed E-state index contributed by atoms with van der Waals surface area (Å²) in [5, 5.41) is 19.9. The summed E-state index contributed by atoms with van der Waals surface area (Å²) in [7, 11) is 0. The molecule has 2 aromatic rings. The molecule has 0 aliphatic heterocycles. The molecule has 0 radical (unpaired) electrons. The second kappa shape index (κ2) is 6.10. The molecule has 0 aliphatic carbocycles. The van der Waals surface area contributed by atoms with Gasteiger partial charge in [-0.2, -0.15) is 0 Å². The number of benzene rings is 1. The molecule has 6 nitrogen and oxygen atoms in total. The zero-order valence-corrected chi connectivity index (χ0v) is 10.6. The van der Waals surface area contributed by atoms with Crippen LogP contribution in [0.4, 0.5) is 5.95 Å². The first-order chi connectivity index (χ1) is 9.19. The molecular formula is C13H16N4O2. The summed E-state index contributed by atoms with van der Waals surface area (Å²) in [4.78, 5) is 14.0. The van der Waals surface area contributed by atoms with Gasteiger partial charge in [0.15, 0.2) is 0 Å². The number of H-pyrrole nitrogens is 1. The Morgan fingerprint density at radius 3 is 2.68 bits per heavy atom. The summed E-state index contributed by atoms with van der Waals surface area (Å²) in [5.74, 6) is 0.269. The number of hydrogen-bond acceptors (Lipinski definition) is 5. The van der Waals surface area contributed by atoms with Crippen LogP contribution in [0.3, 0.4) is 0 Å². The van der Waals surface area contributed by atoms with Gasteiger partial charge >= 0.3 is 0 Å². The van der Waals surface area contributed by atoms with Gasteiger partial charge in [0.25, 0.3) is 5.56 Å². The summed E-state index contributed by atoms with van der Waals surface area (Å²) in [6.07, 6.45) is 0.634. The third kappa shape index (κ3) is 3.62. The molecule has 1 heterocycles. The van der Waals surface area contributed by atoms with Crippen molar-refractivity contribution in [2.24, 2.45) is 0 Å². The van der Waals surface area contributed by atoms with Crippen LogP contribution in [0.15, 0.2) is 35.1 Å². The molecule has 2 rings (SSSR count). The Morgan fingerprint density at radius 1 is 1.32 bits per heavy atom. The Kier molecular flexibility index (Phi) is 4.25. The zero-order chi connectivity index (χ0) is 13.7. The van der Waals surface area contributed by atoms with Crippen molar-refractivity contribution < 1.29 is 5.11 Å². The minimum atomic E-state index is -0.283. The van der Waals surface area contributed by atoms with E-state index in [-0.39, 0.29) is 24.2 Å². The molecule has 0 aliphatic rings. The number of nitrogens with one attached hydrogen (secondary N) is 2. The smallest absolute Gasteiger partial charge is 0.273 e. The fourth-order valence-electron chi connectivity index (χ4n) is 1.71. The first-order valence-electron chi connectivity index (χ1n) is 6.04. The van der Waals surface area contributed by atoms with Crippen LogP contribution in [-0.2, 0) is 6.42 Å². The molecule has 6 heteroatoms. The largest absolute Gasteiger partial charge is 0.394 e. The van der Waals surface area contributed by atoms with E-state index in [9.17, 15) is 9.90 Å². The van der Waals surface area contributed by atoms with E-state index in [0.29, 0.717) is 12.1 Å². The van der Waals surface area contributed by atoms with Gasteiger partial charge in [0.2, 0.25) is 5.95 Å². The van der Waals surface area contributed by atoms with Gasteiger partial charge in [0.1, 0.15) is 5.69 Å². The molecule has 3 N–H and O–H groups in total. The van der Waals surface area contributed by atoms with Crippen LogP contribution < -0.4 is 10.9 Å². The first kappa shape index (κ1) is 13.2. The van der Waals surface area contributed by atoms with Crippen LogP contribution >= 0.6 is 0 Å². The zero-order valence-electron chi connectivity index (χ0n) is 10.6. The van der Waals surface area contributed by atoms with E-state index >= 15 is 0 Å². The molecule has 0 saturated carbocycles. The van der Waals surface area contributed by atoms with Crippen molar-refractivity contribution in [2.45, 2.75) is 19.4 Å². The average Bonchev–Trinajstić information content (AvgIpc) is 2.43. The summed E-state index contributed by atoms with van der Waals surface area (Å²) < 4.78 is 0. The maximum absolute atomic E-state index is 11.4. The van der Waals surface area contributed by atoms with Crippen molar-refractivity contribution in [1.29, 1.82) is 0 Å². The Balaban J connectivity index is 2.06. The standard InChI is InChI=1S/C13H16N4O2/c1-9-12(19)15-13(17-16-9)14-11(8-18)7-10-5-3-2-4-6-10/h2-6,11,18H,7-8H2,1H3,(H2,14,15,17,19)/t11-/m0/s1. The second-order valence-corrected chi connectivity index (χ2v) is 4.30. The summed E-state index contributed by atoms with van der Waals surface area (Å²) in [6, 6.07) is 9.56. The van der Waals surface area contributed by atoms with Crippen molar-refractivity contribution in [3.05, 3.63) is 51.9 Å². The monoisotopic (exact) mass is 260 g/mol. The molecule has 100 valence electrons. The number of hydrogen-bond donors (Lipinski definition) is 3. The molecule has 1 aromatic carbocycles. The van der Waals surface area contributed by atoms with Gasteiger partial charge in [-0.25, -0.2) is 0 Å². The van der Waals surface area contributed by atoms with E-state index in [1.165, 1.54) is 0 Å². The summed E-state index contributed by atoms with van der Waals surface area (Å²) >= 11 is 0. The van der Waals surface area contributed by atoms with Crippen molar-refractivity contribution in [1.82, 2.24) is 15.2 Å². The van der Waals surface area contributed by atoms with Gasteiger partial charge in [0, 0.05) is 0 Å². The van der Waals surface area contributed by atoms with Crippen molar-refractivity contribution >= 4 is 5.95 Å². The topological polar surface area (TPSA) is 90.9 Å². The highest BCUT2D eigenvalue weighted by atomic mass is 16.3. The number of nitrogens with zero attached hydrogens (tertiary/aromatic N) is 2. The fraction of sp³-hybridized carbons (Fsp3) is 0.308. The molecule has 19 heavy (non-hydrogen) atoms. The highest BCUT2D eigenvalue weighted by Gasteiger charge is 2.10. The molecule has 0 amide bonds. The number of anilines is 1. The SMILES string of the molecule is Cc1nnc(N[C@H](CO)Cc2ccccc2)[nH]c1=O.